The van der Waals surface area contributed by atoms with Crippen LogP contribution in [-0.2, 0) is 4.74 Å². The lowest BCUT2D eigenvalue weighted by Gasteiger charge is -2.50. The van der Waals surface area contributed by atoms with Crippen LogP contribution in [0.4, 0.5) is 0 Å². The van der Waals surface area contributed by atoms with Gasteiger partial charge in [-0.25, -0.2) is 0 Å². The average molecular weight is 268 g/mol. The van der Waals surface area contributed by atoms with Crippen molar-refractivity contribution in [2.24, 2.45) is 23.5 Å². The van der Waals surface area contributed by atoms with Gasteiger partial charge in [0.25, 0.3) is 0 Å². The van der Waals surface area contributed by atoms with Gasteiger partial charge in [-0.15, -0.1) is 0 Å². The molecule has 3 atom stereocenters. The Morgan fingerprint density at radius 3 is 2.58 bits per heavy atom. The summed E-state index contributed by atoms with van der Waals surface area (Å²) in [7, 11) is 2.24. The van der Waals surface area contributed by atoms with Crippen molar-refractivity contribution in [2.45, 2.75) is 51.5 Å². The number of hydrogen-bond acceptors (Lipinski definition) is 3. The Bertz CT molecular complexity index is 280. The molecular formula is C16H32N2O. The van der Waals surface area contributed by atoms with Gasteiger partial charge in [0.15, 0.2) is 0 Å². The van der Waals surface area contributed by atoms with E-state index in [1.54, 1.807) is 0 Å². The second-order valence-corrected chi connectivity index (χ2v) is 7.03. The van der Waals surface area contributed by atoms with Gasteiger partial charge in [-0.3, -0.25) is 4.90 Å². The molecule has 0 amide bonds. The maximum absolute atomic E-state index is 6.15. The van der Waals surface area contributed by atoms with Gasteiger partial charge < -0.3 is 10.5 Å². The van der Waals surface area contributed by atoms with Crippen LogP contribution in [0.15, 0.2) is 0 Å². The zero-order chi connectivity index (χ0) is 13.9. The molecule has 3 heteroatoms. The SMILES string of the molecule is CC1CCC(CN)(N(C)CCOCC2CC2)C(C)C1. The molecule has 2 fully saturated rings. The lowest BCUT2D eigenvalue weighted by Crippen LogP contribution is -2.59. The number of ether oxygens (including phenoxy) is 1. The molecule has 0 heterocycles. The molecule has 0 aromatic rings. The van der Waals surface area contributed by atoms with Crippen molar-refractivity contribution >= 4 is 0 Å². The zero-order valence-electron chi connectivity index (χ0n) is 13.0. The van der Waals surface area contributed by atoms with Crippen molar-refractivity contribution in [1.29, 1.82) is 0 Å². The second-order valence-electron chi connectivity index (χ2n) is 7.03. The van der Waals surface area contributed by atoms with Crippen LogP contribution in [0.3, 0.4) is 0 Å². The van der Waals surface area contributed by atoms with Crippen molar-refractivity contribution < 1.29 is 4.74 Å². The highest BCUT2D eigenvalue weighted by Gasteiger charge is 2.41. The molecule has 0 aromatic carbocycles. The van der Waals surface area contributed by atoms with Gasteiger partial charge in [-0.05, 0) is 56.9 Å². The molecule has 3 unspecified atom stereocenters. The fourth-order valence-corrected chi connectivity index (χ4v) is 3.67. The van der Waals surface area contributed by atoms with E-state index < -0.39 is 0 Å². The van der Waals surface area contributed by atoms with E-state index in [-0.39, 0.29) is 5.54 Å². The Morgan fingerprint density at radius 1 is 1.26 bits per heavy atom. The quantitative estimate of drug-likeness (QED) is 0.721. The molecule has 0 aromatic heterocycles. The van der Waals surface area contributed by atoms with Crippen molar-refractivity contribution in [3.8, 4) is 0 Å². The Labute approximate surface area is 118 Å². The largest absolute Gasteiger partial charge is 0.380 e. The predicted octanol–water partition coefficient (Wildman–Crippen LogP) is 2.50. The highest BCUT2D eigenvalue weighted by atomic mass is 16.5. The molecule has 0 aliphatic heterocycles. The van der Waals surface area contributed by atoms with Crippen molar-refractivity contribution in [1.82, 2.24) is 4.90 Å². The minimum atomic E-state index is 0.204. The number of nitrogens with two attached hydrogens (primary N) is 1. The van der Waals surface area contributed by atoms with Crippen molar-refractivity contribution in [3.05, 3.63) is 0 Å². The molecule has 2 aliphatic carbocycles. The van der Waals surface area contributed by atoms with E-state index in [9.17, 15) is 0 Å². The summed E-state index contributed by atoms with van der Waals surface area (Å²) >= 11 is 0. The fourth-order valence-electron chi connectivity index (χ4n) is 3.67. The van der Waals surface area contributed by atoms with Gasteiger partial charge in [-0.2, -0.15) is 0 Å². The van der Waals surface area contributed by atoms with Crippen LogP contribution >= 0.6 is 0 Å². The molecule has 112 valence electrons. The van der Waals surface area contributed by atoms with Crippen LogP contribution in [0.25, 0.3) is 0 Å². The normalized spacial score (nSPS) is 35.8. The van der Waals surface area contributed by atoms with Crippen LogP contribution in [0.1, 0.15) is 46.0 Å². The van der Waals surface area contributed by atoms with Gasteiger partial charge >= 0.3 is 0 Å². The van der Waals surface area contributed by atoms with Crippen molar-refractivity contribution in [2.75, 3.05) is 33.4 Å². The first-order valence-corrected chi connectivity index (χ1v) is 8.07. The Morgan fingerprint density at radius 2 is 2.00 bits per heavy atom. The van der Waals surface area contributed by atoms with Crippen LogP contribution in [0.2, 0.25) is 0 Å². The molecule has 2 aliphatic rings. The second kappa shape index (κ2) is 6.55. The Kier molecular flexibility index (Phi) is 5.27. The monoisotopic (exact) mass is 268 g/mol. The first-order valence-electron chi connectivity index (χ1n) is 8.07. The summed E-state index contributed by atoms with van der Waals surface area (Å²) in [6.07, 6.45) is 6.61. The third-order valence-corrected chi connectivity index (χ3v) is 5.48. The highest BCUT2D eigenvalue weighted by molar-refractivity contribution is 4.98. The van der Waals surface area contributed by atoms with E-state index in [1.165, 1.54) is 32.1 Å². The molecule has 0 radical (unpaired) electrons. The summed E-state index contributed by atoms with van der Waals surface area (Å²) in [6.45, 7) is 8.37. The van der Waals surface area contributed by atoms with E-state index in [4.69, 9.17) is 10.5 Å². The molecule has 3 nitrogen and oxygen atoms in total. The third kappa shape index (κ3) is 3.71. The van der Waals surface area contributed by atoms with E-state index in [0.717, 1.165) is 38.1 Å². The summed E-state index contributed by atoms with van der Waals surface area (Å²) in [5.41, 5.74) is 6.36. The van der Waals surface area contributed by atoms with Gasteiger partial charge in [-0.1, -0.05) is 13.8 Å². The van der Waals surface area contributed by atoms with E-state index in [0.29, 0.717) is 5.92 Å². The van der Waals surface area contributed by atoms with E-state index >= 15 is 0 Å². The molecule has 0 spiro atoms. The van der Waals surface area contributed by atoms with Crippen LogP contribution in [0, 0.1) is 17.8 Å². The van der Waals surface area contributed by atoms with E-state index in [2.05, 4.69) is 25.8 Å². The van der Waals surface area contributed by atoms with Crippen LogP contribution < -0.4 is 5.73 Å². The highest BCUT2D eigenvalue weighted by Crippen LogP contribution is 2.39. The third-order valence-electron chi connectivity index (χ3n) is 5.48. The fraction of sp³-hybridized carbons (Fsp3) is 1.00. The Hall–Kier alpha value is -0.120. The van der Waals surface area contributed by atoms with Gasteiger partial charge in [0, 0.05) is 25.2 Å². The molecule has 0 saturated heterocycles. The molecule has 0 bridgehead atoms. The van der Waals surface area contributed by atoms with Crippen molar-refractivity contribution in [3.63, 3.8) is 0 Å². The lowest BCUT2D eigenvalue weighted by molar-refractivity contribution is -0.00256. The first-order chi connectivity index (χ1) is 9.08. The van der Waals surface area contributed by atoms with E-state index in [1.807, 2.05) is 0 Å². The molecule has 2 rings (SSSR count). The number of rotatable bonds is 7. The molecular weight excluding hydrogens is 236 g/mol. The lowest BCUT2D eigenvalue weighted by atomic mass is 9.69. The maximum Gasteiger partial charge on any atom is 0.0593 e. The summed E-state index contributed by atoms with van der Waals surface area (Å²) in [6, 6.07) is 0. The minimum Gasteiger partial charge on any atom is -0.380 e. The summed E-state index contributed by atoms with van der Waals surface area (Å²) < 4.78 is 5.78. The number of nitrogens with zero attached hydrogens (tertiary/aromatic N) is 1. The standard InChI is InChI=1S/C16H32N2O/c1-13-6-7-16(12-17,14(2)10-13)18(3)8-9-19-11-15-4-5-15/h13-15H,4-12,17H2,1-3H3. The summed E-state index contributed by atoms with van der Waals surface area (Å²) in [5, 5.41) is 0. The molecule has 2 N–H and O–H groups in total. The summed E-state index contributed by atoms with van der Waals surface area (Å²) in [4.78, 5) is 2.48. The zero-order valence-corrected chi connectivity index (χ0v) is 13.0. The predicted molar refractivity (Wildman–Crippen MR) is 80.1 cm³/mol. The minimum absolute atomic E-state index is 0.204. The first kappa shape index (κ1) is 15.3. The Balaban J connectivity index is 1.80. The van der Waals surface area contributed by atoms with Gasteiger partial charge in [0.05, 0.1) is 6.61 Å². The van der Waals surface area contributed by atoms with Crippen LogP contribution in [-0.4, -0.2) is 43.8 Å². The van der Waals surface area contributed by atoms with Gasteiger partial charge in [0.2, 0.25) is 0 Å². The van der Waals surface area contributed by atoms with Crippen LogP contribution in [0.5, 0.6) is 0 Å². The smallest absolute Gasteiger partial charge is 0.0593 e. The average Bonchev–Trinajstić information content (AvgIpc) is 3.19. The topological polar surface area (TPSA) is 38.5 Å². The maximum atomic E-state index is 6.15. The molecule has 2 saturated carbocycles. The number of likely N-dealkylation sites (N-methyl/N-ethyl adjacent to an activating group) is 1. The molecule has 19 heavy (non-hydrogen) atoms. The number of hydrogen-bond donors (Lipinski definition) is 1. The summed E-state index contributed by atoms with van der Waals surface area (Å²) in [5.74, 6) is 2.41. The van der Waals surface area contributed by atoms with Gasteiger partial charge in [0.1, 0.15) is 0 Å².